The van der Waals surface area contributed by atoms with Crippen LogP contribution in [-0.4, -0.2) is 99.3 Å². The number of carbonyl (C=O) groups excluding carboxylic acids is 4. The number of amides is 4. The molecule has 0 saturated carbocycles. The Morgan fingerprint density at radius 2 is 1.40 bits per heavy atom. The number of likely N-dealkylation sites (tertiary alicyclic amines) is 2. The number of nitrogens with zero attached hydrogens (tertiary/aromatic N) is 4. The molecule has 53 heavy (non-hydrogen) atoms. The Kier molecular flexibility index (Phi) is 10.9. The van der Waals surface area contributed by atoms with Gasteiger partial charge in [-0.15, -0.1) is 0 Å². The summed E-state index contributed by atoms with van der Waals surface area (Å²) in [5.41, 5.74) is 4.82. The van der Waals surface area contributed by atoms with E-state index >= 15 is 0 Å². The third-order valence-corrected chi connectivity index (χ3v) is 9.72. The van der Waals surface area contributed by atoms with Crippen molar-refractivity contribution in [2.75, 3.05) is 27.3 Å². The first kappa shape index (κ1) is 37.2. The van der Waals surface area contributed by atoms with E-state index in [2.05, 4.69) is 34.7 Å². The van der Waals surface area contributed by atoms with E-state index in [1.807, 2.05) is 54.7 Å². The van der Waals surface area contributed by atoms with Crippen molar-refractivity contribution in [1.82, 2.24) is 40.4 Å². The number of fused-ring (bicyclic) bond motifs is 1. The predicted molar refractivity (Wildman–Crippen MR) is 186 cm³/mol. The van der Waals surface area contributed by atoms with Crippen LogP contribution in [0.1, 0.15) is 69.2 Å². The van der Waals surface area contributed by atoms with Crippen molar-refractivity contribution in [3.05, 3.63) is 60.3 Å². The van der Waals surface area contributed by atoms with Gasteiger partial charge in [-0.3, -0.25) is 9.59 Å². The maximum Gasteiger partial charge on any atom is 0.407 e. The van der Waals surface area contributed by atoms with Crippen LogP contribution in [0.4, 0.5) is 22.8 Å². The molecule has 0 aliphatic carbocycles. The first-order chi connectivity index (χ1) is 25.4. The van der Waals surface area contributed by atoms with Crippen LogP contribution in [0.15, 0.2) is 48.7 Å². The van der Waals surface area contributed by atoms with E-state index in [9.17, 15) is 32.3 Å². The number of H-pyrrole nitrogens is 2. The number of alkyl carbamates (subject to hydrolysis) is 2. The highest BCUT2D eigenvalue weighted by molar-refractivity contribution is 5.87. The van der Waals surface area contributed by atoms with Crippen molar-refractivity contribution in [3.63, 3.8) is 0 Å². The number of benzene rings is 2. The molecule has 6 rings (SSSR count). The molecule has 282 valence electrons. The standard InChI is InChI=1S/C36H41F3N8O6/c1-4-23(44-34(50)52-2)32(48)46-15-5-7-28(46)30-40-19-27(43-30)21-11-9-20(10-12-21)22-13-14-24-25(17-22)42-31(41-24)29-8-6-16-47(29)33(49)26(18-36(37,38)39)45-35(51)53-3/h9-14,17,19,23,26,28-29H,4-8,15-16,18H2,1-3H3,(H,40,43)(H,41,42)(H,44,50)(H,45,51)/t23-,26-,28-,29-/m0/s1. The summed E-state index contributed by atoms with van der Waals surface area (Å²) in [6.07, 6.45) is -3.22. The molecule has 4 amide bonds. The molecule has 2 aliphatic heterocycles. The van der Waals surface area contributed by atoms with Gasteiger partial charge in [0.25, 0.3) is 0 Å². The van der Waals surface area contributed by atoms with Crippen LogP contribution in [0.5, 0.6) is 0 Å². The van der Waals surface area contributed by atoms with E-state index in [0.717, 1.165) is 42.3 Å². The van der Waals surface area contributed by atoms with Gasteiger partial charge in [-0.1, -0.05) is 37.3 Å². The number of aromatic amines is 2. The van der Waals surface area contributed by atoms with Gasteiger partial charge in [-0.05, 0) is 60.9 Å². The van der Waals surface area contributed by atoms with Crippen LogP contribution in [-0.2, 0) is 19.1 Å². The summed E-state index contributed by atoms with van der Waals surface area (Å²) >= 11 is 0. The minimum absolute atomic E-state index is 0.180. The van der Waals surface area contributed by atoms with E-state index in [0.29, 0.717) is 48.5 Å². The Bertz CT molecular complexity index is 1960. The van der Waals surface area contributed by atoms with Crippen molar-refractivity contribution in [1.29, 1.82) is 0 Å². The van der Waals surface area contributed by atoms with Crippen LogP contribution < -0.4 is 10.6 Å². The molecule has 4 heterocycles. The van der Waals surface area contributed by atoms with Crippen molar-refractivity contribution < 1.29 is 41.8 Å². The number of hydrogen-bond acceptors (Lipinski definition) is 8. The van der Waals surface area contributed by atoms with Gasteiger partial charge < -0.3 is 39.9 Å². The van der Waals surface area contributed by atoms with Crippen LogP contribution in [0, 0.1) is 0 Å². The number of nitrogens with one attached hydrogen (secondary N) is 4. The van der Waals surface area contributed by atoms with Crippen LogP contribution in [0.3, 0.4) is 0 Å². The summed E-state index contributed by atoms with van der Waals surface area (Å²) in [6.45, 7) is 2.61. The number of rotatable bonds is 10. The molecular formula is C36H41F3N8O6. The Labute approximate surface area is 302 Å². The fourth-order valence-electron chi connectivity index (χ4n) is 7.06. The summed E-state index contributed by atoms with van der Waals surface area (Å²) < 4.78 is 49.1. The molecule has 14 nitrogen and oxygen atoms in total. The molecule has 0 bridgehead atoms. The lowest BCUT2D eigenvalue weighted by Gasteiger charge is -2.28. The average Bonchev–Trinajstić information content (AvgIpc) is 3.98. The molecule has 0 spiro atoms. The number of methoxy groups -OCH3 is 2. The van der Waals surface area contributed by atoms with Crippen molar-refractivity contribution in [2.24, 2.45) is 0 Å². The number of imidazole rings is 2. The van der Waals surface area contributed by atoms with E-state index in [-0.39, 0.29) is 18.5 Å². The molecule has 2 aromatic carbocycles. The number of carbonyl (C=O) groups is 4. The first-order valence-corrected chi connectivity index (χ1v) is 17.4. The minimum atomic E-state index is -4.68. The fourth-order valence-corrected chi connectivity index (χ4v) is 7.06. The molecule has 0 unspecified atom stereocenters. The molecule has 17 heteroatoms. The largest absolute Gasteiger partial charge is 0.453 e. The van der Waals surface area contributed by atoms with Gasteiger partial charge in [0.15, 0.2) is 0 Å². The van der Waals surface area contributed by atoms with E-state index < -0.39 is 48.8 Å². The summed E-state index contributed by atoms with van der Waals surface area (Å²) in [5.74, 6) is 0.0831. The first-order valence-electron chi connectivity index (χ1n) is 17.4. The zero-order chi connectivity index (χ0) is 37.9. The summed E-state index contributed by atoms with van der Waals surface area (Å²) in [6, 6.07) is 10.2. The topological polar surface area (TPSA) is 175 Å². The van der Waals surface area contributed by atoms with Crippen molar-refractivity contribution >= 4 is 35.0 Å². The molecule has 4 N–H and O–H groups in total. The predicted octanol–water partition coefficient (Wildman–Crippen LogP) is 5.76. The number of halogens is 3. The smallest absolute Gasteiger partial charge is 0.407 e. The Hall–Kier alpha value is -5.61. The highest BCUT2D eigenvalue weighted by Gasteiger charge is 2.42. The fraction of sp³-hybridized carbons (Fsp3) is 0.444. The van der Waals surface area contributed by atoms with Crippen molar-refractivity contribution in [2.45, 2.75) is 75.8 Å². The minimum Gasteiger partial charge on any atom is -0.453 e. The maximum atomic E-state index is 13.3. The average molecular weight is 739 g/mol. The molecule has 4 aromatic rings. The Balaban J connectivity index is 1.15. The number of ether oxygens (including phenoxy) is 2. The SMILES string of the molecule is CC[C@H](NC(=O)OC)C(=O)N1CCC[C@H]1c1ncc(-c2ccc(-c3ccc4nc([C@@H]5CCCN5C(=O)[C@H](CC(F)(F)F)NC(=O)OC)[nH]c4c3)cc2)[nH]1. The zero-order valence-electron chi connectivity index (χ0n) is 29.5. The monoisotopic (exact) mass is 738 g/mol. The number of alkyl halides is 3. The molecular weight excluding hydrogens is 697 g/mol. The Morgan fingerprint density at radius 1 is 0.830 bits per heavy atom. The van der Waals surface area contributed by atoms with Gasteiger partial charge in [0.1, 0.15) is 23.7 Å². The second kappa shape index (κ2) is 15.6. The third-order valence-electron chi connectivity index (χ3n) is 9.72. The highest BCUT2D eigenvalue weighted by Crippen LogP contribution is 2.35. The van der Waals surface area contributed by atoms with E-state index in [1.54, 1.807) is 11.1 Å². The Morgan fingerprint density at radius 3 is 2.00 bits per heavy atom. The van der Waals surface area contributed by atoms with Gasteiger partial charge >= 0.3 is 18.4 Å². The van der Waals surface area contributed by atoms with Gasteiger partial charge in [0, 0.05) is 13.1 Å². The van der Waals surface area contributed by atoms with Gasteiger partial charge in [0.05, 0.1) is 55.6 Å². The lowest BCUT2D eigenvalue weighted by molar-refractivity contribution is -0.154. The lowest BCUT2D eigenvalue weighted by atomic mass is 10.0. The number of hydrogen-bond donors (Lipinski definition) is 4. The molecule has 2 aromatic heterocycles. The normalized spacial score (nSPS) is 18.5. The third kappa shape index (κ3) is 8.23. The lowest BCUT2D eigenvalue weighted by Crippen LogP contribution is -2.50. The summed E-state index contributed by atoms with van der Waals surface area (Å²) in [5, 5.41) is 4.64. The second-order valence-electron chi connectivity index (χ2n) is 13.1. The van der Waals surface area contributed by atoms with E-state index in [1.165, 1.54) is 12.0 Å². The van der Waals surface area contributed by atoms with Crippen LogP contribution >= 0.6 is 0 Å². The summed E-state index contributed by atoms with van der Waals surface area (Å²) in [7, 11) is 2.28. The molecule has 2 aliphatic rings. The molecule has 2 saturated heterocycles. The van der Waals surface area contributed by atoms with Gasteiger partial charge in [-0.25, -0.2) is 19.6 Å². The quantitative estimate of drug-likeness (QED) is 0.159. The van der Waals surface area contributed by atoms with Crippen molar-refractivity contribution in [3.8, 4) is 22.4 Å². The van der Waals surface area contributed by atoms with Crippen LogP contribution in [0.25, 0.3) is 33.4 Å². The molecule has 2 fully saturated rings. The highest BCUT2D eigenvalue weighted by atomic mass is 19.4. The van der Waals surface area contributed by atoms with Gasteiger partial charge in [0.2, 0.25) is 11.8 Å². The number of aromatic nitrogens is 4. The maximum absolute atomic E-state index is 13.3. The second-order valence-corrected chi connectivity index (χ2v) is 13.1. The van der Waals surface area contributed by atoms with Gasteiger partial charge in [-0.2, -0.15) is 13.2 Å². The zero-order valence-corrected chi connectivity index (χ0v) is 29.5. The molecule has 0 radical (unpaired) electrons. The van der Waals surface area contributed by atoms with Crippen LogP contribution in [0.2, 0.25) is 0 Å². The molecule has 4 atom stereocenters. The summed E-state index contributed by atoms with van der Waals surface area (Å²) in [4.78, 5) is 69.1. The van der Waals surface area contributed by atoms with E-state index in [4.69, 9.17) is 0 Å².